The molecule has 8 nitrogen and oxygen atoms in total. The SMILES string of the molecule is CC(C)(C)c1ccccc1N1CCN(C(=O)c2ccc(N3CCN(C(C(=O)O)C(C)(C)C)C3=O)cc2)CC1. The minimum atomic E-state index is -1.00. The number of carbonyl (C=O) groups excluding carboxylic acids is 2. The Morgan fingerprint density at radius 1 is 0.816 bits per heavy atom. The van der Waals surface area contributed by atoms with Gasteiger partial charge in [0, 0.05) is 56.2 Å². The van der Waals surface area contributed by atoms with E-state index in [-0.39, 0.29) is 17.4 Å². The van der Waals surface area contributed by atoms with Crippen LogP contribution in [0, 0.1) is 5.41 Å². The number of anilines is 2. The molecule has 2 aromatic carbocycles. The summed E-state index contributed by atoms with van der Waals surface area (Å²) < 4.78 is 0. The van der Waals surface area contributed by atoms with E-state index in [0.29, 0.717) is 37.4 Å². The van der Waals surface area contributed by atoms with Crippen LogP contribution in [-0.4, -0.2) is 78.1 Å². The van der Waals surface area contributed by atoms with Crippen LogP contribution < -0.4 is 9.80 Å². The van der Waals surface area contributed by atoms with Crippen LogP contribution in [0.5, 0.6) is 0 Å². The maximum atomic E-state index is 13.2. The summed E-state index contributed by atoms with van der Waals surface area (Å²) in [6, 6.07) is 14.3. The quantitative estimate of drug-likeness (QED) is 0.619. The van der Waals surface area contributed by atoms with Crippen LogP contribution in [0.3, 0.4) is 0 Å². The van der Waals surface area contributed by atoms with Crippen molar-refractivity contribution >= 4 is 29.3 Å². The lowest BCUT2D eigenvalue weighted by molar-refractivity contribution is -0.145. The lowest BCUT2D eigenvalue weighted by Crippen LogP contribution is -2.51. The monoisotopic (exact) mass is 520 g/mol. The number of aliphatic carboxylic acids is 1. The molecule has 4 rings (SSSR count). The highest BCUT2D eigenvalue weighted by molar-refractivity contribution is 5.98. The molecular formula is C30H40N4O4. The molecule has 0 saturated carbocycles. The predicted molar refractivity (Wildman–Crippen MR) is 150 cm³/mol. The first-order valence-corrected chi connectivity index (χ1v) is 13.3. The van der Waals surface area contributed by atoms with Crippen molar-refractivity contribution < 1.29 is 19.5 Å². The third-order valence-electron chi connectivity index (χ3n) is 7.45. The Morgan fingerprint density at radius 2 is 1.42 bits per heavy atom. The number of hydrogen-bond acceptors (Lipinski definition) is 4. The number of urea groups is 1. The topological polar surface area (TPSA) is 84.4 Å². The van der Waals surface area contributed by atoms with Crippen molar-refractivity contribution in [2.45, 2.75) is 53.0 Å². The summed E-state index contributed by atoms with van der Waals surface area (Å²) in [4.78, 5) is 45.5. The molecule has 2 aliphatic heterocycles. The van der Waals surface area contributed by atoms with Crippen LogP contribution in [0.4, 0.5) is 16.2 Å². The number of amides is 3. The van der Waals surface area contributed by atoms with Gasteiger partial charge in [0.15, 0.2) is 0 Å². The largest absolute Gasteiger partial charge is 0.480 e. The first-order valence-electron chi connectivity index (χ1n) is 13.3. The second kappa shape index (κ2) is 10.3. The summed E-state index contributed by atoms with van der Waals surface area (Å²) in [5.41, 5.74) is 3.24. The first-order chi connectivity index (χ1) is 17.8. The number of carbonyl (C=O) groups is 3. The maximum absolute atomic E-state index is 13.2. The number of para-hydroxylation sites is 1. The van der Waals surface area contributed by atoms with Gasteiger partial charge in [-0.05, 0) is 46.7 Å². The second-order valence-corrected chi connectivity index (χ2v) is 12.3. The zero-order valence-corrected chi connectivity index (χ0v) is 23.4. The van der Waals surface area contributed by atoms with Gasteiger partial charge in [-0.1, -0.05) is 59.7 Å². The summed E-state index contributed by atoms with van der Waals surface area (Å²) in [5.74, 6) is -1.02. The van der Waals surface area contributed by atoms with Gasteiger partial charge in [-0.15, -0.1) is 0 Å². The molecule has 1 unspecified atom stereocenters. The van der Waals surface area contributed by atoms with Gasteiger partial charge < -0.3 is 19.8 Å². The van der Waals surface area contributed by atoms with Gasteiger partial charge in [-0.3, -0.25) is 9.69 Å². The Morgan fingerprint density at radius 3 is 1.97 bits per heavy atom. The molecule has 38 heavy (non-hydrogen) atoms. The van der Waals surface area contributed by atoms with Crippen molar-refractivity contribution in [1.29, 1.82) is 0 Å². The summed E-state index contributed by atoms with van der Waals surface area (Å²) >= 11 is 0. The number of benzene rings is 2. The van der Waals surface area contributed by atoms with Crippen LogP contribution in [0.15, 0.2) is 48.5 Å². The van der Waals surface area contributed by atoms with Gasteiger partial charge in [0.05, 0.1) is 0 Å². The van der Waals surface area contributed by atoms with Crippen LogP contribution in [-0.2, 0) is 10.2 Å². The highest BCUT2D eigenvalue weighted by Crippen LogP contribution is 2.33. The Bertz CT molecular complexity index is 1190. The average Bonchev–Trinajstić information content (AvgIpc) is 3.22. The summed E-state index contributed by atoms with van der Waals surface area (Å²) in [6.45, 7) is 15.7. The molecule has 0 aliphatic carbocycles. The fourth-order valence-corrected chi connectivity index (χ4v) is 5.50. The van der Waals surface area contributed by atoms with Crippen LogP contribution >= 0.6 is 0 Å². The summed E-state index contributed by atoms with van der Waals surface area (Å²) in [5, 5.41) is 9.74. The Balaban J connectivity index is 1.40. The molecule has 2 heterocycles. The van der Waals surface area contributed by atoms with Crippen molar-refractivity contribution in [2.75, 3.05) is 49.1 Å². The first kappa shape index (κ1) is 27.5. The number of nitrogens with zero attached hydrogens (tertiary/aromatic N) is 4. The third-order valence-corrected chi connectivity index (χ3v) is 7.45. The van der Waals surface area contributed by atoms with Crippen molar-refractivity contribution in [3.63, 3.8) is 0 Å². The number of hydrogen-bond donors (Lipinski definition) is 1. The zero-order valence-electron chi connectivity index (χ0n) is 23.4. The van der Waals surface area contributed by atoms with Crippen molar-refractivity contribution in [2.24, 2.45) is 5.41 Å². The van der Waals surface area contributed by atoms with E-state index in [0.717, 1.165) is 13.1 Å². The Kier molecular flexibility index (Phi) is 7.46. The molecule has 0 aromatic heterocycles. The lowest BCUT2D eigenvalue weighted by atomic mass is 9.85. The highest BCUT2D eigenvalue weighted by atomic mass is 16.4. The molecule has 0 bridgehead atoms. The minimum absolute atomic E-state index is 0.0200. The zero-order chi connectivity index (χ0) is 27.8. The molecule has 2 aliphatic rings. The van der Waals surface area contributed by atoms with Gasteiger partial charge in [0.25, 0.3) is 5.91 Å². The smallest absolute Gasteiger partial charge is 0.327 e. The molecule has 3 amide bonds. The maximum Gasteiger partial charge on any atom is 0.327 e. The van der Waals surface area contributed by atoms with Crippen LogP contribution in [0.25, 0.3) is 0 Å². The number of carboxylic acid groups (broad SMARTS) is 1. The molecule has 8 heteroatoms. The molecule has 1 N–H and O–H groups in total. The van der Waals surface area contributed by atoms with Crippen molar-refractivity contribution in [3.05, 3.63) is 59.7 Å². The van der Waals surface area contributed by atoms with Crippen LogP contribution in [0.1, 0.15) is 57.5 Å². The fourth-order valence-electron chi connectivity index (χ4n) is 5.50. The van der Waals surface area contributed by atoms with Crippen molar-refractivity contribution in [3.8, 4) is 0 Å². The van der Waals surface area contributed by atoms with E-state index in [1.165, 1.54) is 16.2 Å². The molecule has 1 atom stereocenters. The van der Waals surface area contributed by atoms with E-state index < -0.39 is 17.4 Å². The predicted octanol–water partition coefficient (Wildman–Crippen LogP) is 4.69. The Hall–Kier alpha value is -3.55. The Labute approximate surface area is 225 Å². The third kappa shape index (κ3) is 5.49. The number of carboxylic acids is 1. The fraction of sp³-hybridized carbons (Fsp3) is 0.500. The lowest BCUT2D eigenvalue weighted by Gasteiger charge is -2.38. The summed E-state index contributed by atoms with van der Waals surface area (Å²) in [6.07, 6.45) is 0. The molecule has 0 radical (unpaired) electrons. The van der Waals surface area contributed by atoms with Crippen LogP contribution in [0.2, 0.25) is 0 Å². The van der Waals surface area contributed by atoms with Gasteiger partial charge in [0.1, 0.15) is 6.04 Å². The van der Waals surface area contributed by atoms with E-state index in [2.05, 4.69) is 49.9 Å². The average molecular weight is 521 g/mol. The van der Waals surface area contributed by atoms with E-state index in [1.807, 2.05) is 25.7 Å². The molecular weight excluding hydrogens is 480 g/mol. The van der Waals surface area contributed by atoms with Gasteiger partial charge in [0.2, 0.25) is 0 Å². The molecule has 2 aromatic rings. The van der Waals surface area contributed by atoms with Gasteiger partial charge in [-0.25, -0.2) is 9.59 Å². The standard InChI is InChI=1S/C30H40N4O4/c1-29(2,3)23-9-7-8-10-24(23)31-15-17-32(18-16-31)26(35)21-11-13-22(14-12-21)33-19-20-34(28(33)38)25(27(36)37)30(4,5)6/h7-14,25H,15-20H2,1-6H3,(H,36,37). The summed E-state index contributed by atoms with van der Waals surface area (Å²) in [7, 11) is 0. The van der Waals surface area contributed by atoms with Crippen molar-refractivity contribution in [1.82, 2.24) is 9.80 Å². The van der Waals surface area contributed by atoms with E-state index in [1.54, 1.807) is 29.2 Å². The molecule has 0 spiro atoms. The van der Waals surface area contributed by atoms with E-state index in [9.17, 15) is 19.5 Å². The van der Waals surface area contributed by atoms with Gasteiger partial charge in [-0.2, -0.15) is 0 Å². The molecule has 204 valence electrons. The highest BCUT2D eigenvalue weighted by Gasteiger charge is 2.44. The van der Waals surface area contributed by atoms with E-state index in [4.69, 9.17) is 0 Å². The van der Waals surface area contributed by atoms with Gasteiger partial charge >= 0.3 is 12.0 Å². The molecule has 2 saturated heterocycles. The number of rotatable bonds is 5. The second-order valence-electron chi connectivity index (χ2n) is 12.3. The number of piperazine rings is 1. The normalized spacial score (nSPS) is 17.7. The minimum Gasteiger partial charge on any atom is -0.480 e. The van der Waals surface area contributed by atoms with E-state index >= 15 is 0 Å². The molecule has 2 fully saturated rings.